The van der Waals surface area contributed by atoms with Crippen LogP contribution in [0.15, 0.2) is 30.3 Å². The molecule has 1 aromatic carbocycles. The van der Waals surface area contributed by atoms with E-state index in [1.165, 1.54) is 11.9 Å². The predicted octanol–water partition coefficient (Wildman–Crippen LogP) is 2.44. The Hall–Kier alpha value is -2.17. The van der Waals surface area contributed by atoms with Gasteiger partial charge in [0.2, 0.25) is 11.7 Å². The number of likely N-dealkylation sites (N-methyl/N-ethyl adjacent to an activating group) is 1. The Bertz CT molecular complexity index is 584. The van der Waals surface area contributed by atoms with E-state index in [4.69, 9.17) is 0 Å². The molecule has 0 aliphatic heterocycles. The molecule has 0 saturated heterocycles. The summed E-state index contributed by atoms with van der Waals surface area (Å²) in [5.74, 6) is -1.67. The van der Waals surface area contributed by atoms with Gasteiger partial charge >= 0.3 is 0 Å². The average Bonchev–Trinajstić information content (AvgIpc) is 2.60. The van der Waals surface area contributed by atoms with Gasteiger partial charge in [-0.2, -0.15) is 0 Å². The number of nitrogens with zero attached hydrogens (tertiary/aromatic N) is 1. The lowest BCUT2D eigenvalue weighted by Gasteiger charge is -2.30. The van der Waals surface area contributed by atoms with E-state index in [-0.39, 0.29) is 17.7 Å². The molecule has 1 rings (SSSR count). The van der Waals surface area contributed by atoms with Crippen molar-refractivity contribution in [1.82, 2.24) is 10.2 Å². The number of nitrogens with one attached hydrogen (secondary N) is 1. The number of hydrogen-bond donors (Lipinski definition) is 1. The summed E-state index contributed by atoms with van der Waals surface area (Å²) >= 11 is 0. The molecule has 25 heavy (non-hydrogen) atoms. The molecule has 138 valence electrons. The first kappa shape index (κ1) is 20.9. The number of ketones is 1. The van der Waals surface area contributed by atoms with Crippen molar-refractivity contribution < 1.29 is 14.4 Å². The van der Waals surface area contributed by atoms with Crippen LogP contribution >= 0.6 is 0 Å². The van der Waals surface area contributed by atoms with E-state index in [1.54, 1.807) is 6.92 Å². The molecular weight excluding hydrogens is 316 g/mol. The Kier molecular flexibility index (Phi) is 8.32. The molecule has 5 nitrogen and oxygen atoms in total. The summed E-state index contributed by atoms with van der Waals surface area (Å²) in [6, 6.07) is 9.23. The van der Waals surface area contributed by atoms with Gasteiger partial charge in [-0.25, -0.2) is 0 Å². The Morgan fingerprint density at radius 3 is 2.20 bits per heavy atom. The van der Waals surface area contributed by atoms with Gasteiger partial charge in [-0.15, -0.1) is 0 Å². The van der Waals surface area contributed by atoms with Crippen molar-refractivity contribution in [1.29, 1.82) is 0 Å². The molecule has 0 heterocycles. The Morgan fingerprint density at radius 2 is 1.68 bits per heavy atom. The molecule has 0 saturated carbocycles. The molecule has 0 bridgehead atoms. The number of carbonyl (C=O) groups is 3. The number of hydrogen-bond acceptors (Lipinski definition) is 3. The van der Waals surface area contributed by atoms with Crippen LogP contribution in [0.4, 0.5) is 0 Å². The SMILES string of the molecule is CCC(C)C(=O)C(=O)N(C)[C@H](C(=O)NCCc1ccccc1)C(C)C. The minimum atomic E-state index is -0.656. The summed E-state index contributed by atoms with van der Waals surface area (Å²) in [4.78, 5) is 38.4. The normalized spacial score (nSPS) is 13.2. The number of Topliss-reactive ketones (excluding diaryl/α,β-unsaturated/α-hetero) is 1. The molecule has 5 heteroatoms. The zero-order valence-electron chi connectivity index (χ0n) is 15.9. The molecule has 1 N–H and O–H groups in total. The van der Waals surface area contributed by atoms with Crippen LogP contribution in [0.25, 0.3) is 0 Å². The van der Waals surface area contributed by atoms with Crippen LogP contribution in [0.1, 0.15) is 39.7 Å². The Morgan fingerprint density at radius 1 is 1.08 bits per heavy atom. The molecule has 2 amide bonds. The Balaban J connectivity index is 2.69. The zero-order chi connectivity index (χ0) is 19.0. The van der Waals surface area contributed by atoms with E-state index in [1.807, 2.05) is 51.1 Å². The van der Waals surface area contributed by atoms with Crippen LogP contribution in [0.3, 0.4) is 0 Å². The lowest BCUT2D eigenvalue weighted by molar-refractivity contribution is -0.150. The first-order valence-electron chi connectivity index (χ1n) is 8.92. The number of carbonyl (C=O) groups excluding carboxylic acids is 3. The quantitative estimate of drug-likeness (QED) is 0.699. The Labute approximate surface area is 150 Å². The summed E-state index contributed by atoms with van der Waals surface area (Å²) < 4.78 is 0. The minimum Gasteiger partial charge on any atom is -0.354 e. The van der Waals surface area contributed by atoms with E-state index in [9.17, 15) is 14.4 Å². The molecule has 0 aliphatic rings. The highest BCUT2D eigenvalue weighted by molar-refractivity contribution is 6.37. The minimum absolute atomic E-state index is 0.0876. The van der Waals surface area contributed by atoms with Gasteiger partial charge in [-0.05, 0) is 24.3 Å². The number of benzene rings is 1. The second-order valence-corrected chi connectivity index (χ2v) is 6.81. The van der Waals surface area contributed by atoms with Gasteiger partial charge in [0, 0.05) is 19.5 Å². The highest BCUT2D eigenvalue weighted by Gasteiger charge is 2.33. The summed E-state index contributed by atoms with van der Waals surface area (Å²) in [7, 11) is 1.53. The van der Waals surface area contributed by atoms with Gasteiger partial charge in [0.05, 0.1) is 0 Å². The third-order valence-corrected chi connectivity index (χ3v) is 4.46. The molecule has 0 fully saturated rings. The van der Waals surface area contributed by atoms with Gasteiger partial charge in [-0.1, -0.05) is 58.0 Å². The largest absolute Gasteiger partial charge is 0.354 e. The molecule has 0 radical (unpaired) electrons. The van der Waals surface area contributed by atoms with Crippen molar-refractivity contribution in [2.75, 3.05) is 13.6 Å². The predicted molar refractivity (Wildman–Crippen MR) is 99.0 cm³/mol. The van der Waals surface area contributed by atoms with Crippen molar-refractivity contribution in [2.45, 2.75) is 46.6 Å². The van der Waals surface area contributed by atoms with E-state index in [0.717, 1.165) is 12.0 Å². The molecule has 1 aromatic rings. The maximum absolute atomic E-state index is 12.6. The summed E-state index contributed by atoms with van der Waals surface area (Å²) in [6.07, 6.45) is 1.33. The van der Waals surface area contributed by atoms with Crippen LogP contribution in [0, 0.1) is 11.8 Å². The highest BCUT2D eigenvalue weighted by Crippen LogP contribution is 2.13. The number of rotatable bonds is 9. The van der Waals surface area contributed by atoms with E-state index >= 15 is 0 Å². The number of amides is 2. The fourth-order valence-corrected chi connectivity index (χ4v) is 2.70. The van der Waals surface area contributed by atoms with Crippen molar-refractivity contribution in [3.05, 3.63) is 35.9 Å². The second kappa shape index (κ2) is 9.97. The first-order valence-corrected chi connectivity index (χ1v) is 8.92. The van der Waals surface area contributed by atoms with Crippen LogP contribution in [-0.4, -0.2) is 42.1 Å². The monoisotopic (exact) mass is 346 g/mol. The zero-order valence-corrected chi connectivity index (χ0v) is 15.9. The maximum Gasteiger partial charge on any atom is 0.290 e. The summed E-state index contributed by atoms with van der Waals surface area (Å²) in [5, 5.41) is 2.89. The van der Waals surface area contributed by atoms with Crippen LogP contribution in [-0.2, 0) is 20.8 Å². The fraction of sp³-hybridized carbons (Fsp3) is 0.550. The standard InChI is InChI=1S/C20H30N2O3/c1-6-15(4)18(23)20(25)22(5)17(14(2)3)19(24)21-13-12-16-10-8-7-9-11-16/h7-11,14-15,17H,6,12-13H2,1-5H3,(H,21,24)/t15?,17-/m0/s1. The summed E-state index contributed by atoms with van der Waals surface area (Å²) in [5.41, 5.74) is 1.14. The van der Waals surface area contributed by atoms with E-state index in [2.05, 4.69) is 5.32 Å². The van der Waals surface area contributed by atoms with E-state index in [0.29, 0.717) is 13.0 Å². The highest BCUT2D eigenvalue weighted by atomic mass is 16.2. The van der Waals surface area contributed by atoms with Gasteiger partial charge in [0.15, 0.2) is 0 Å². The molecule has 0 aromatic heterocycles. The molecule has 0 spiro atoms. The van der Waals surface area contributed by atoms with Gasteiger partial charge in [0.25, 0.3) is 5.91 Å². The van der Waals surface area contributed by atoms with Crippen LogP contribution < -0.4 is 5.32 Å². The third kappa shape index (κ3) is 6.00. The van der Waals surface area contributed by atoms with Crippen molar-refractivity contribution in [3.63, 3.8) is 0 Å². The smallest absolute Gasteiger partial charge is 0.290 e. The van der Waals surface area contributed by atoms with Crippen LogP contribution in [0.2, 0.25) is 0 Å². The lowest BCUT2D eigenvalue weighted by Crippen LogP contribution is -2.53. The van der Waals surface area contributed by atoms with Gasteiger partial charge < -0.3 is 10.2 Å². The maximum atomic E-state index is 12.6. The van der Waals surface area contributed by atoms with E-state index < -0.39 is 17.7 Å². The van der Waals surface area contributed by atoms with Crippen LogP contribution in [0.5, 0.6) is 0 Å². The third-order valence-electron chi connectivity index (χ3n) is 4.46. The van der Waals surface area contributed by atoms with Crippen molar-refractivity contribution in [3.8, 4) is 0 Å². The topological polar surface area (TPSA) is 66.5 Å². The fourth-order valence-electron chi connectivity index (χ4n) is 2.70. The summed E-state index contributed by atoms with van der Waals surface area (Å²) in [6.45, 7) is 7.84. The van der Waals surface area contributed by atoms with Gasteiger partial charge in [-0.3, -0.25) is 14.4 Å². The second-order valence-electron chi connectivity index (χ2n) is 6.81. The molecular formula is C20H30N2O3. The lowest BCUT2D eigenvalue weighted by atomic mass is 9.98. The van der Waals surface area contributed by atoms with Gasteiger partial charge in [0.1, 0.15) is 6.04 Å². The molecule has 1 unspecified atom stereocenters. The van der Waals surface area contributed by atoms with Crippen molar-refractivity contribution >= 4 is 17.6 Å². The molecule has 0 aliphatic carbocycles. The van der Waals surface area contributed by atoms with Crippen molar-refractivity contribution in [2.24, 2.45) is 11.8 Å². The molecule has 2 atom stereocenters. The first-order chi connectivity index (χ1) is 11.8. The average molecular weight is 346 g/mol.